The topological polar surface area (TPSA) is 50.7 Å². The van der Waals surface area contributed by atoms with Crippen molar-refractivity contribution in [2.24, 2.45) is 4.99 Å². The molecule has 0 radical (unpaired) electrons. The van der Waals surface area contributed by atoms with E-state index in [-0.39, 0.29) is 0 Å². The zero-order valence-corrected chi connectivity index (χ0v) is 12.3. The van der Waals surface area contributed by atoms with Crippen LogP contribution in [0.1, 0.15) is 22.8 Å². The average Bonchev–Trinajstić information content (AvgIpc) is 2.53. The van der Waals surface area contributed by atoms with Gasteiger partial charge in [0.2, 0.25) is 0 Å². The van der Waals surface area contributed by atoms with E-state index in [9.17, 15) is 4.79 Å². The van der Waals surface area contributed by atoms with Crippen molar-refractivity contribution in [1.29, 1.82) is 0 Å². The van der Waals surface area contributed by atoms with Gasteiger partial charge in [-0.3, -0.25) is 4.99 Å². The van der Waals surface area contributed by atoms with Gasteiger partial charge in [-0.05, 0) is 43.3 Å². The smallest absolute Gasteiger partial charge is 0.336 e. The van der Waals surface area contributed by atoms with Crippen molar-refractivity contribution in [3.8, 4) is 0 Å². The molecule has 0 spiro atoms. The molecule has 4 nitrogen and oxygen atoms in total. The third-order valence-corrected chi connectivity index (χ3v) is 2.94. The highest BCUT2D eigenvalue weighted by Crippen LogP contribution is 2.10. The molecule has 0 aliphatic heterocycles. The molecule has 0 atom stereocenters. The number of nitrogens with one attached hydrogen (secondary N) is 1. The van der Waals surface area contributed by atoms with Crippen molar-refractivity contribution in [3.63, 3.8) is 0 Å². The SMILES string of the molecule is CCN=C(NOC(=O)c1ccccc1)c1ccc(Cl)cc1. The van der Waals surface area contributed by atoms with Crippen LogP contribution < -0.4 is 5.48 Å². The van der Waals surface area contributed by atoms with Crippen LogP contribution in [0.2, 0.25) is 5.02 Å². The standard InChI is InChI=1S/C16H15ClN2O2/c1-2-18-15(12-8-10-14(17)11-9-12)19-21-16(20)13-6-4-3-5-7-13/h3-11H,2H2,1H3,(H,18,19). The molecule has 0 saturated heterocycles. The summed E-state index contributed by atoms with van der Waals surface area (Å²) in [5, 5.41) is 0.635. The first kappa shape index (κ1) is 15.1. The third kappa shape index (κ3) is 4.33. The average molecular weight is 303 g/mol. The van der Waals surface area contributed by atoms with Crippen LogP contribution in [0.25, 0.3) is 0 Å². The quantitative estimate of drug-likeness (QED) is 0.536. The van der Waals surface area contributed by atoms with Gasteiger partial charge in [0.1, 0.15) is 0 Å². The number of amidine groups is 1. The highest BCUT2D eigenvalue weighted by Gasteiger charge is 2.09. The second kappa shape index (κ2) is 7.45. The maximum Gasteiger partial charge on any atom is 0.362 e. The van der Waals surface area contributed by atoms with Crippen molar-refractivity contribution >= 4 is 23.4 Å². The van der Waals surface area contributed by atoms with Crippen LogP contribution in [-0.2, 0) is 4.84 Å². The summed E-state index contributed by atoms with van der Waals surface area (Å²) in [5.74, 6) is 0.0202. The Hall–Kier alpha value is -2.33. The summed E-state index contributed by atoms with van der Waals surface area (Å²) in [4.78, 5) is 21.2. The fourth-order valence-corrected chi connectivity index (χ4v) is 1.80. The summed E-state index contributed by atoms with van der Waals surface area (Å²) in [6.07, 6.45) is 0. The fourth-order valence-electron chi connectivity index (χ4n) is 1.68. The van der Waals surface area contributed by atoms with E-state index in [0.717, 1.165) is 5.56 Å². The summed E-state index contributed by atoms with van der Waals surface area (Å²) < 4.78 is 0. The number of hydrogen-bond donors (Lipinski definition) is 1. The molecule has 0 aromatic heterocycles. The number of halogens is 1. The highest BCUT2D eigenvalue weighted by molar-refractivity contribution is 6.30. The summed E-state index contributed by atoms with van der Waals surface area (Å²) in [6, 6.07) is 15.9. The summed E-state index contributed by atoms with van der Waals surface area (Å²) in [5.41, 5.74) is 3.88. The number of carbonyl (C=O) groups excluding carboxylic acids is 1. The lowest BCUT2D eigenvalue weighted by molar-refractivity contribution is 0.0387. The Morgan fingerprint density at radius 2 is 1.76 bits per heavy atom. The van der Waals surface area contributed by atoms with Crippen LogP contribution in [0.15, 0.2) is 59.6 Å². The lowest BCUT2D eigenvalue weighted by Gasteiger charge is -2.10. The number of aliphatic imine (C=N–C) groups is 1. The molecule has 0 unspecified atom stereocenters. The molecule has 0 fully saturated rings. The van der Waals surface area contributed by atoms with Gasteiger partial charge >= 0.3 is 5.97 Å². The Kier molecular flexibility index (Phi) is 5.35. The van der Waals surface area contributed by atoms with E-state index in [4.69, 9.17) is 16.4 Å². The van der Waals surface area contributed by atoms with E-state index < -0.39 is 5.97 Å². The molecule has 0 saturated carbocycles. The molecule has 1 N–H and O–H groups in total. The molecule has 0 aliphatic carbocycles. The van der Waals surface area contributed by atoms with Gasteiger partial charge in [0, 0.05) is 17.1 Å². The first-order chi connectivity index (χ1) is 10.2. The van der Waals surface area contributed by atoms with E-state index in [1.807, 2.05) is 13.0 Å². The van der Waals surface area contributed by atoms with Crippen molar-refractivity contribution < 1.29 is 9.63 Å². The van der Waals surface area contributed by atoms with Crippen molar-refractivity contribution in [3.05, 3.63) is 70.7 Å². The van der Waals surface area contributed by atoms with Crippen molar-refractivity contribution in [1.82, 2.24) is 5.48 Å². The van der Waals surface area contributed by atoms with Crippen LogP contribution in [0.3, 0.4) is 0 Å². The molecule has 21 heavy (non-hydrogen) atoms. The fraction of sp³-hybridized carbons (Fsp3) is 0.125. The minimum absolute atomic E-state index is 0.464. The van der Waals surface area contributed by atoms with Crippen LogP contribution in [0, 0.1) is 0 Å². The molecule has 0 aliphatic rings. The predicted molar refractivity (Wildman–Crippen MR) is 83.5 cm³/mol. The van der Waals surface area contributed by atoms with E-state index >= 15 is 0 Å². The second-order valence-electron chi connectivity index (χ2n) is 4.19. The molecule has 108 valence electrons. The number of hydrogen-bond acceptors (Lipinski definition) is 3. The monoisotopic (exact) mass is 302 g/mol. The Bertz CT molecular complexity index is 624. The van der Waals surface area contributed by atoms with Gasteiger partial charge in [0.05, 0.1) is 5.56 Å². The molecule has 2 rings (SSSR count). The van der Waals surface area contributed by atoms with Gasteiger partial charge in [-0.1, -0.05) is 29.8 Å². The van der Waals surface area contributed by atoms with Crippen LogP contribution in [0.5, 0.6) is 0 Å². The molecule has 0 bridgehead atoms. The second-order valence-corrected chi connectivity index (χ2v) is 4.62. The van der Waals surface area contributed by atoms with Crippen molar-refractivity contribution in [2.75, 3.05) is 6.54 Å². The lowest BCUT2D eigenvalue weighted by Crippen LogP contribution is -2.28. The van der Waals surface area contributed by atoms with Gasteiger partial charge < -0.3 is 4.84 Å². The van der Waals surface area contributed by atoms with E-state index in [1.165, 1.54) is 0 Å². The van der Waals surface area contributed by atoms with Crippen LogP contribution in [-0.4, -0.2) is 18.3 Å². The van der Waals surface area contributed by atoms with E-state index in [2.05, 4.69) is 10.5 Å². The third-order valence-electron chi connectivity index (χ3n) is 2.68. The van der Waals surface area contributed by atoms with E-state index in [0.29, 0.717) is 23.0 Å². The van der Waals surface area contributed by atoms with Gasteiger partial charge in [-0.25, -0.2) is 4.79 Å². The number of carbonyl (C=O) groups is 1. The molecule has 2 aromatic carbocycles. The Morgan fingerprint density at radius 1 is 1.10 bits per heavy atom. The number of benzene rings is 2. The summed E-state index contributed by atoms with van der Waals surface area (Å²) >= 11 is 5.86. The van der Waals surface area contributed by atoms with E-state index in [1.54, 1.807) is 48.5 Å². The maximum absolute atomic E-state index is 11.9. The maximum atomic E-state index is 11.9. The Balaban J connectivity index is 2.06. The van der Waals surface area contributed by atoms with Gasteiger partial charge in [0.25, 0.3) is 0 Å². The molecular weight excluding hydrogens is 288 g/mol. The highest BCUT2D eigenvalue weighted by atomic mass is 35.5. The normalized spacial score (nSPS) is 11.0. The largest absolute Gasteiger partial charge is 0.362 e. The van der Waals surface area contributed by atoms with Gasteiger partial charge in [-0.15, -0.1) is 0 Å². The lowest BCUT2D eigenvalue weighted by atomic mass is 10.2. The Morgan fingerprint density at radius 3 is 2.38 bits per heavy atom. The number of nitrogens with zero attached hydrogens (tertiary/aromatic N) is 1. The zero-order valence-electron chi connectivity index (χ0n) is 11.5. The minimum atomic E-state index is -0.464. The van der Waals surface area contributed by atoms with Gasteiger partial charge in [0.15, 0.2) is 5.84 Å². The van der Waals surface area contributed by atoms with Crippen molar-refractivity contribution in [2.45, 2.75) is 6.92 Å². The minimum Gasteiger partial charge on any atom is -0.336 e. The van der Waals surface area contributed by atoms with Crippen LogP contribution in [0.4, 0.5) is 0 Å². The molecular formula is C16H15ClN2O2. The summed E-state index contributed by atoms with van der Waals surface area (Å²) in [6.45, 7) is 2.46. The first-order valence-electron chi connectivity index (χ1n) is 6.53. The van der Waals surface area contributed by atoms with Gasteiger partial charge in [-0.2, -0.15) is 5.48 Å². The molecule has 2 aromatic rings. The van der Waals surface area contributed by atoms with Crippen LogP contribution >= 0.6 is 11.6 Å². The zero-order chi connectivity index (χ0) is 15.1. The predicted octanol–water partition coefficient (Wildman–Crippen LogP) is 3.47. The molecule has 0 amide bonds. The number of rotatable bonds is 3. The first-order valence-corrected chi connectivity index (χ1v) is 6.91. The Labute approximate surface area is 128 Å². The molecule has 0 heterocycles. The summed E-state index contributed by atoms with van der Waals surface area (Å²) in [7, 11) is 0. The number of hydroxylamine groups is 1. The molecule has 5 heteroatoms.